The minimum absolute atomic E-state index is 0.0676. The zero-order chi connectivity index (χ0) is 17.8. The Hall–Kier alpha value is -1.54. The van der Waals surface area contributed by atoms with Gasteiger partial charge in [-0.15, -0.1) is 0 Å². The van der Waals surface area contributed by atoms with E-state index < -0.39 is 0 Å². The topological polar surface area (TPSA) is 103 Å². The van der Waals surface area contributed by atoms with Crippen LogP contribution in [0.5, 0.6) is 5.75 Å². The lowest BCUT2D eigenvalue weighted by Gasteiger charge is -2.52. The van der Waals surface area contributed by atoms with E-state index in [1.54, 1.807) is 12.1 Å². The minimum Gasteiger partial charge on any atom is -0.508 e. The second kappa shape index (κ2) is 6.02. The Morgan fingerprint density at radius 1 is 1.28 bits per heavy atom. The number of aromatic hydroxyl groups is 1. The molecule has 0 aliphatic heterocycles. The summed E-state index contributed by atoms with van der Waals surface area (Å²) in [7, 11) is 0. The van der Waals surface area contributed by atoms with Crippen LogP contribution < -0.4 is 0 Å². The maximum atomic E-state index is 11.7. The molecule has 7 heteroatoms. The van der Waals surface area contributed by atoms with Gasteiger partial charge in [-0.3, -0.25) is 10.4 Å². The molecule has 2 saturated carbocycles. The first kappa shape index (κ1) is 16.9. The molecule has 25 heavy (non-hydrogen) atoms. The van der Waals surface area contributed by atoms with E-state index in [9.17, 15) is 10.0 Å². The van der Waals surface area contributed by atoms with E-state index in [-0.39, 0.29) is 34.6 Å². The van der Waals surface area contributed by atoms with Gasteiger partial charge in [-0.05, 0) is 67.2 Å². The Bertz CT molecular complexity index is 681. The standard InChI is InChI=1S/C18H24N2O5/c1-18-9-15(19-22)17-12-5-3-11(21)8-10(12)2-4-13(17)14(18)6-7-16(18)25-20(23)24/h3,5,8,13-17,21,23-24H,2,4,6-7,9H2,1H3/t13?,14?,15-,16-,17?,18?/m0/s1. The van der Waals surface area contributed by atoms with Crippen molar-refractivity contribution in [3.05, 3.63) is 34.2 Å². The number of hydrogen-bond donors (Lipinski definition) is 3. The van der Waals surface area contributed by atoms with Crippen molar-refractivity contribution in [2.45, 2.75) is 57.1 Å². The number of nitroso groups, excluding NO2 is 1. The lowest BCUT2D eigenvalue weighted by molar-refractivity contribution is -0.511. The van der Waals surface area contributed by atoms with Crippen LogP contribution in [0.2, 0.25) is 0 Å². The van der Waals surface area contributed by atoms with Crippen molar-refractivity contribution in [3.63, 3.8) is 0 Å². The third-order valence-electron chi connectivity index (χ3n) is 6.95. The fraction of sp³-hybridized carbons (Fsp3) is 0.667. The van der Waals surface area contributed by atoms with E-state index >= 15 is 0 Å². The number of benzene rings is 1. The number of hydrogen-bond acceptors (Lipinski definition) is 7. The van der Waals surface area contributed by atoms with Gasteiger partial charge in [-0.2, -0.15) is 4.91 Å². The van der Waals surface area contributed by atoms with Crippen LogP contribution in [0.1, 0.15) is 49.7 Å². The molecule has 4 unspecified atom stereocenters. The van der Waals surface area contributed by atoms with E-state index in [1.165, 1.54) is 0 Å². The molecule has 3 aliphatic carbocycles. The van der Waals surface area contributed by atoms with E-state index in [0.29, 0.717) is 18.3 Å². The van der Waals surface area contributed by atoms with Crippen molar-refractivity contribution in [1.82, 2.24) is 5.39 Å². The number of fused-ring (bicyclic) bond motifs is 5. The molecule has 0 spiro atoms. The predicted octanol–water partition coefficient (Wildman–Crippen LogP) is 3.37. The molecular weight excluding hydrogens is 324 g/mol. The van der Waals surface area contributed by atoms with Crippen molar-refractivity contribution in [2.24, 2.45) is 22.4 Å². The summed E-state index contributed by atoms with van der Waals surface area (Å²) in [5, 5.41) is 31.2. The van der Waals surface area contributed by atoms with Gasteiger partial charge < -0.3 is 5.11 Å². The molecule has 1 aromatic rings. The number of aryl methyl sites for hydroxylation is 1. The summed E-state index contributed by atoms with van der Waals surface area (Å²) in [5.41, 5.74) is 1.94. The number of phenols is 1. The van der Waals surface area contributed by atoms with Gasteiger partial charge in [0.1, 0.15) is 5.75 Å². The molecule has 0 bridgehead atoms. The number of rotatable bonds is 3. The van der Waals surface area contributed by atoms with Gasteiger partial charge in [0, 0.05) is 11.3 Å². The largest absolute Gasteiger partial charge is 0.508 e. The normalized spacial score (nSPS) is 39.6. The fourth-order valence-corrected chi connectivity index (χ4v) is 5.99. The summed E-state index contributed by atoms with van der Waals surface area (Å²) >= 11 is 0. The Morgan fingerprint density at radius 2 is 2.08 bits per heavy atom. The Labute approximate surface area is 146 Å². The van der Waals surface area contributed by atoms with Crippen LogP contribution >= 0.6 is 0 Å². The van der Waals surface area contributed by atoms with E-state index in [1.807, 2.05) is 6.07 Å². The van der Waals surface area contributed by atoms with Crippen LogP contribution in [-0.2, 0) is 11.3 Å². The maximum Gasteiger partial charge on any atom is 0.115 e. The molecule has 3 aliphatic rings. The van der Waals surface area contributed by atoms with Crippen molar-refractivity contribution >= 4 is 0 Å². The first-order chi connectivity index (χ1) is 11.9. The van der Waals surface area contributed by atoms with Gasteiger partial charge in [-0.25, -0.2) is 4.84 Å². The van der Waals surface area contributed by atoms with Crippen LogP contribution in [0.15, 0.2) is 23.4 Å². The maximum absolute atomic E-state index is 11.7. The monoisotopic (exact) mass is 348 g/mol. The molecule has 0 aromatic heterocycles. The van der Waals surface area contributed by atoms with Crippen molar-refractivity contribution in [2.75, 3.05) is 0 Å². The molecule has 0 radical (unpaired) electrons. The molecule has 6 atom stereocenters. The lowest BCUT2D eigenvalue weighted by Crippen LogP contribution is -2.50. The van der Waals surface area contributed by atoms with Gasteiger partial charge >= 0.3 is 0 Å². The van der Waals surface area contributed by atoms with Gasteiger partial charge in [0.2, 0.25) is 0 Å². The SMILES string of the molecule is CC12C[C@H](N=O)C3c4ccc(O)cc4CCC3C1CC[C@@H]2ON(O)O. The van der Waals surface area contributed by atoms with Gasteiger partial charge in [0.15, 0.2) is 0 Å². The third-order valence-corrected chi connectivity index (χ3v) is 6.95. The minimum atomic E-state index is -0.370. The summed E-state index contributed by atoms with van der Waals surface area (Å²) in [5.74, 6) is 0.993. The molecular formula is C18H24N2O5. The van der Waals surface area contributed by atoms with E-state index in [2.05, 4.69) is 12.1 Å². The molecule has 7 nitrogen and oxygen atoms in total. The zero-order valence-corrected chi connectivity index (χ0v) is 14.2. The first-order valence-electron chi connectivity index (χ1n) is 8.93. The second-order valence-electron chi connectivity index (χ2n) is 8.02. The Kier molecular flexibility index (Phi) is 4.07. The fourth-order valence-electron chi connectivity index (χ4n) is 5.99. The summed E-state index contributed by atoms with van der Waals surface area (Å²) < 4.78 is 0. The van der Waals surface area contributed by atoms with E-state index in [0.717, 1.165) is 36.8 Å². The van der Waals surface area contributed by atoms with Crippen LogP contribution in [0.4, 0.5) is 0 Å². The summed E-state index contributed by atoms with van der Waals surface area (Å²) in [4.78, 5) is 16.9. The number of nitrogens with zero attached hydrogens (tertiary/aromatic N) is 2. The zero-order valence-electron chi connectivity index (χ0n) is 14.2. The highest BCUT2D eigenvalue weighted by Crippen LogP contribution is 2.62. The Balaban J connectivity index is 1.71. The van der Waals surface area contributed by atoms with Crippen LogP contribution in [-0.4, -0.2) is 33.1 Å². The average molecular weight is 348 g/mol. The highest BCUT2D eigenvalue weighted by atomic mass is 17.1. The quantitative estimate of drug-likeness (QED) is 0.572. The van der Waals surface area contributed by atoms with E-state index in [4.69, 9.17) is 15.3 Å². The molecule has 2 fully saturated rings. The average Bonchev–Trinajstić information content (AvgIpc) is 2.89. The van der Waals surface area contributed by atoms with Crippen LogP contribution in [0, 0.1) is 22.2 Å². The predicted molar refractivity (Wildman–Crippen MR) is 88.0 cm³/mol. The number of phenolic OH excluding ortho intramolecular Hbond substituents is 1. The Morgan fingerprint density at radius 3 is 2.80 bits per heavy atom. The molecule has 4 rings (SSSR count). The highest BCUT2D eigenvalue weighted by Gasteiger charge is 2.59. The van der Waals surface area contributed by atoms with Gasteiger partial charge in [-0.1, -0.05) is 18.2 Å². The van der Waals surface area contributed by atoms with Crippen molar-refractivity contribution < 1.29 is 20.4 Å². The lowest BCUT2D eigenvalue weighted by atomic mass is 9.54. The summed E-state index contributed by atoms with van der Waals surface area (Å²) in [6.07, 6.45) is 3.73. The molecule has 1 aromatic carbocycles. The highest BCUT2D eigenvalue weighted by molar-refractivity contribution is 5.41. The molecule has 0 heterocycles. The second-order valence-corrected chi connectivity index (χ2v) is 8.02. The smallest absolute Gasteiger partial charge is 0.115 e. The molecule has 0 amide bonds. The molecule has 3 N–H and O–H groups in total. The first-order valence-corrected chi connectivity index (χ1v) is 8.93. The van der Waals surface area contributed by atoms with Crippen molar-refractivity contribution in [3.8, 4) is 5.75 Å². The van der Waals surface area contributed by atoms with Crippen LogP contribution in [0.25, 0.3) is 0 Å². The van der Waals surface area contributed by atoms with Gasteiger partial charge in [0.25, 0.3) is 0 Å². The molecule has 0 saturated heterocycles. The van der Waals surface area contributed by atoms with Gasteiger partial charge in [0.05, 0.1) is 17.5 Å². The third kappa shape index (κ3) is 2.57. The van der Waals surface area contributed by atoms with Crippen LogP contribution in [0.3, 0.4) is 0 Å². The molecule has 136 valence electrons. The summed E-state index contributed by atoms with van der Waals surface area (Å²) in [6, 6.07) is 5.06. The summed E-state index contributed by atoms with van der Waals surface area (Å²) in [6.45, 7) is 2.08. The van der Waals surface area contributed by atoms with Crippen molar-refractivity contribution in [1.29, 1.82) is 0 Å².